The number of benzene rings is 7. The zero-order chi connectivity index (χ0) is 40.1. The van der Waals surface area contributed by atoms with Gasteiger partial charge in [0.2, 0.25) is 0 Å². The van der Waals surface area contributed by atoms with Gasteiger partial charge in [-0.15, -0.1) is 0 Å². The van der Waals surface area contributed by atoms with Crippen LogP contribution >= 0.6 is 0 Å². The topological polar surface area (TPSA) is 3.24 Å². The van der Waals surface area contributed by atoms with Crippen LogP contribution in [0, 0.1) is 0 Å². The van der Waals surface area contributed by atoms with E-state index in [0.717, 1.165) is 5.69 Å². The molecule has 0 fully saturated rings. The minimum atomic E-state index is -0.139. The van der Waals surface area contributed by atoms with Gasteiger partial charge in [-0.25, -0.2) is 0 Å². The summed E-state index contributed by atoms with van der Waals surface area (Å²) in [5.41, 5.74) is 21.9. The molecule has 9 rings (SSSR count). The lowest BCUT2D eigenvalue weighted by molar-refractivity contribution is 0.569. The summed E-state index contributed by atoms with van der Waals surface area (Å²) in [6.07, 6.45) is 0. The molecule has 57 heavy (non-hydrogen) atoms. The van der Waals surface area contributed by atoms with Crippen LogP contribution in [0.15, 0.2) is 152 Å². The standard InChI is InChI=1S/C56H55N/c1-53(2,3)38-33-39(54(4,5)6)35-41(34-38)57(40-29-26-36(27-30-40)37-28-31-44-42-18-11-14-23-48(42)55(7,8)50(44)32-37)51-25-16-13-20-45(51)47-22-17-21-46-43-19-12-15-24-49(43)56(9,10)52(46)47/h11-35H,1-10H3. The Bertz CT molecular complexity index is 2660. The van der Waals surface area contributed by atoms with Crippen molar-refractivity contribution < 1.29 is 0 Å². The van der Waals surface area contributed by atoms with Crippen LogP contribution in [0.2, 0.25) is 0 Å². The molecular formula is C56H55N. The molecule has 7 aromatic carbocycles. The highest BCUT2D eigenvalue weighted by molar-refractivity contribution is 5.95. The lowest BCUT2D eigenvalue weighted by Gasteiger charge is -2.33. The number of nitrogens with zero attached hydrogens (tertiary/aromatic N) is 1. The second-order valence-corrected chi connectivity index (χ2v) is 19.5. The smallest absolute Gasteiger partial charge is 0.0540 e. The summed E-state index contributed by atoms with van der Waals surface area (Å²) in [7, 11) is 0. The highest BCUT2D eigenvalue weighted by atomic mass is 15.1. The first-order valence-corrected chi connectivity index (χ1v) is 20.7. The average Bonchev–Trinajstić information content (AvgIpc) is 3.57. The Hall–Kier alpha value is -5.66. The van der Waals surface area contributed by atoms with Gasteiger partial charge in [-0.05, 0) is 120 Å². The highest BCUT2D eigenvalue weighted by Gasteiger charge is 2.38. The Morgan fingerprint density at radius 3 is 1.46 bits per heavy atom. The molecule has 1 heteroatoms. The summed E-state index contributed by atoms with van der Waals surface area (Å²) >= 11 is 0. The minimum Gasteiger partial charge on any atom is -0.310 e. The first kappa shape index (κ1) is 36.9. The van der Waals surface area contributed by atoms with Crippen molar-refractivity contribution >= 4 is 17.1 Å². The second-order valence-electron chi connectivity index (χ2n) is 19.5. The third kappa shape index (κ3) is 5.97. The number of rotatable bonds is 5. The molecular weight excluding hydrogens is 687 g/mol. The van der Waals surface area contributed by atoms with Crippen molar-refractivity contribution in [2.24, 2.45) is 0 Å². The Kier molecular flexibility index (Phi) is 8.38. The predicted octanol–water partition coefficient (Wildman–Crippen LogP) is 15.7. The maximum atomic E-state index is 2.51. The quantitative estimate of drug-likeness (QED) is 0.170. The van der Waals surface area contributed by atoms with Gasteiger partial charge >= 0.3 is 0 Å². The third-order valence-corrected chi connectivity index (χ3v) is 13.0. The van der Waals surface area contributed by atoms with Gasteiger partial charge in [-0.3, -0.25) is 0 Å². The first-order chi connectivity index (χ1) is 27.0. The number of fused-ring (bicyclic) bond motifs is 6. The van der Waals surface area contributed by atoms with Crippen molar-refractivity contribution in [1.29, 1.82) is 0 Å². The molecule has 0 bridgehead atoms. The molecule has 2 aliphatic rings. The van der Waals surface area contributed by atoms with E-state index in [4.69, 9.17) is 0 Å². The highest BCUT2D eigenvalue weighted by Crippen LogP contribution is 2.54. The molecule has 7 aromatic rings. The van der Waals surface area contributed by atoms with Gasteiger partial charge in [0.15, 0.2) is 0 Å². The molecule has 0 atom stereocenters. The monoisotopic (exact) mass is 741 g/mol. The van der Waals surface area contributed by atoms with Crippen LogP contribution in [-0.4, -0.2) is 0 Å². The van der Waals surface area contributed by atoms with E-state index in [1.54, 1.807) is 0 Å². The predicted molar refractivity (Wildman–Crippen MR) is 245 cm³/mol. The van der Waals surface area contributed by atoms with Gasteiger partial charge in [-0.1, -0.05) is 184 Å². The summed E-state index contributed by atoms with van der Waals surface area (Å²) in [4.78, 5) is 2.51. The Morgan fingerprint density at radius 1 is 0.368 bits per heavy atom. The van der Waals surface area contributed by atoms with Gasteiger partial charge in [0.25, 0.3) is 0 Å². The van der Waals surface area contributed by atoms with E-state index in [0.29, 0.717) is 0 Å². The van der Waals surface area contributed by atoms with Crippen molar-refractivity contribution in [2.45, 2.75) is 90.9 Å². The molecule has 0 aromatic heterocycles. The average molecular weight is 742 g/mol. The Labute approximate surface area is 341 Å². The molecule has 0 saturated carbocycles. The summed E-state index contributed by atoms with van der Waals surface area (Å²) in [5, 5.41) is 0. The summed E-state index contributed by atoms with van der Waals surface area (Å²) in [6, 6.07) is 57.4. The van der Waals surface area contributed by atoms with Crippen LogP contribution in [0.25, 0.3) is 44.5 Å². The summed E-state index contributed by atoms with van der Waals surface area (Å²) in [5.74, 6) is 0. The minimum absolute atomic E-state index is 0.0257. The molecule has 0 heterocycles. The van der Waals surface area contributed by atoms with E-state index in [-0.39, 0.29) is 21.7 Å². The van der Waals surface area contributed by atoms with Crippen molar-refractivity contribution in [1.82, 2.24) is 0 Å². The number of hydrogen-bond donors (Lipinski definition) is 0. The molecule has 1 nitrogen and oxygen atoms in total. The van der Waals surface area contributed by atoms with Crippen molar-refractivity contribution in [3.05, 3.63) is 185 Å². The SMILES string of the molecule is CC(C)(C)c1cc(N(c2ccc(-c3ccc4c(c3)C(C)(C)c3ccccc3-4)cc2)c2ccccc2-c2cccc3c2C(C)(C)c2ccccc2-3)cc(C(C)(C)C)c1. The van der Waals surface area contributed by atoms with Crippen molar-refractivity contribution in [3.63, 3.8) is 0 Å². The molecule has 0 saturated heterocycles. The fourth-order valence-corrected chi connectivity index (χ4v) is 9.69. The van der Waals surface area contributed by atoms with E-state index < -0.39 is 0 Å². The van der Waals surface area contributed by atoms with Gasteiger partial charge in [0.1, 0.15) is 0 Å². The van der Waals surface area contributed by atoms with Gasteiger partial charge in [-0.2, -0.15) is 0 Å². The zero-order valence-electron chi connectivity index (χ0n) is 35.4. The van der Waals surface area contributed by atoms with Crippen LogP contribution in [0.1, 0.15) is 103 Å². The van der Waals surface area contributed by atoms with E-state index in [9.17, 15) is 0 Å². The van der Waals surface area contributed by atoms with E-state index in [1.165, 1.54) is 89.3 Å². The summed E-state index contributed by atoms with van der Waals surface area (Å²) in [6.45, 7) is 23.5. The molecule has 0 unspecified atom stereocenters. The Morgan fingerprint density at radius 2 is 0.842 bits per heavy atom. The molecule has 0 spiro atoms. The molecule has 0 radical (unpaired) electrons. The van der Waals surface area contributed by atoms with Crippen molar-refractivity contribution in [3.8, 4) is 44.5 Å². The molecule has 284 valence electrons. The van der Waals surface area contributed by atoms with E-state index in [2.05, 4.69) is 226 Å². The second kappa shape index (κ2) is 12.9. The third-order valence-electron chi connectivity index (χ3n) is 13.0. The van der Waals surface area contributed by atoms with E-state index in [1.807, 2.05) is 0 Å². The molecule has 0 amide bonds. The number of hydrogen-bond acceptors (Lipinski definition) is 1. The Balaban J connectivity index is 1.23. The van der Waals surface area contributed by atoms with Crippen molar-refractivity contribution in [2.75, 3.05) is 4.90 Å². The van der Waals surface area contributed by atoms with E-state index >= 15 is 0 Å². The fraction of sp³-hybridized carbons (Fsp3) is 0.250. The molecule has 2 aliphatic carbocycles. The molecule has 0 aliphatic heterocycles. The van der Waals surface area contributed by atoms with Gasteiger partial charge in [0.05, 0.1) is 5.69 Å². The van der Waals surface area contributed by atoms with Crippen LogP contribution in [0.5, 0.6) is 0 Å². The lowest BCUT2D eigenvalue weighted by atomic mass is 9.78. The van der Waals surface area contributed by atoms with Gasteiger partial charge in [0, 0.05) is 27.8 Å². The van der Waals surface area contributed by atoms with Crippen LogP contribution in [-0.2, 0) is 21.7 Å². The molecule has 0 N–H and O–H groups in total. The van der Waals surface area contributed by atoms with Crippen LogP contribution in [0.3, 0.4) is 0 Å². The fourth-order valence-electron chi connectivity index (χ4n) is 9.69. The lowest BCUT2D eigenvalue weighted by Crippen LogP contribution is -2.20. The number of para-hydroxylation sites is 1. The maximum Gasteiger partial charge on any atom is 0.0540 e. The largest absolute Gasteiger partial charge is 0.310 e. The normalized spacial score (nSPS) is 14.8. The maximum absolute atomic E-state index is 2.51. The summed E-state index contributed by atoms with van der Waals surface area (Å²) < 4.78 is 0. The van der Waals surface area contributed by atoms with Crippen LogP contribution < -0.4 is 4.90 Å². The van der Waals surface area contributed by atoms with Crippen LogP contribution in [0.4, 0.5) is 17.1 Å². The zero-order valence-corrected chi connectivity index (χ0v) is 35.4. The van der Waals surface area contributed by atoms with Gasteiger partial charge < -0.3 is 4.90 Å². The first-order valence-electron chi connectivity index (χ1n) is 20.7. The number of anilines is 3.